The third kappa shape index (κ3) is 3.95. The molecule has 0 saturated carbocycles. The molecular formula is C19H27N3O3. The maximum Gasteiger partial charge on any atom is 0.322 e. The van der Waals surface area contributed by atoms with Crippen LogP contribution in [-0.4, -0.2) is 48.6 Å². The highest BCUT2D eigenvalue weighted by atomic mass is 16.5. The number of nitrogens with one attached hydrogen (secondary N) is 2. The summed E-state index contributed by atoms with van der Waals surface area (Å²) in [7, 11) is 0. The molecule has 3 amide bonds. The van der Waals surface area contributed by atoms with Gasteiger partial charge in [0, 0.05) is 19.0 Å². The number of amides is 3. The molecule has 0 aromatic heterocycles. The van der Waals surface area contributed by atoms with Gasteiger partial charge < -0.3 is 10.1 Å². The minimum atomic E-state index is -0.800. The molecule has 1 aromatic rings. The van der Waals surface area contributed by atoms with Gasteiger partial charge in [0.2, 0.25) is 0 Å². The Balaban J connectivity index is 1.52. The van der Waals surface area contributed by atoms with E-state index in [4.69, 9.17) is 4.74 Å². The normalized spacial score (nSPS) is 27.0. The number of rotatable bonds is 6. The zero-order valence-corrected chi connectivity index (χ0v) is 15.0. The minimum absolute atomic E-state index is 0.121. The molecule has 3 rings (SSSR count). The zero-order chi connectivity index (χ0) is 17.9. The lowest BCUT2D eigenvalue weighted by atomic mass is 9.80. The Morgan fingerprint density at radius 3 is 2.92 bits per heavy atom. The van der Waals surface area contributed by atoms with Gasteiger partial charge in [-0.3, -0.25) is 15.0 Å². The SMILES string of the molecule is CCc1cccc(OCCN2CCC[C@H]([C@@]3(C)NC(=O)NC3=O)C2)c1. The van der Waals surface area contributed by atoms with Crippen LogP contribution < -0.4 is 15.4 Å². The summed E-state index contributed by atoms with van der Waals surface area (Å²) in [5, 5.41) is 5.17. The molecule has 0 spiro atoms. The molecule has 2 fully saturated rings. The molecule has 0 unspecified atom stereocenters. The summed E-state index contributed by atoms with van der Waals surface area (Å²) >= 11 is 0. The highest BCUT2D eigenvalue weighted by molar-refractivity contribution is 6.06. The van der Waals surface area contributed by atoms with Gasteiger partial charge in [0.25, 0.3) is 5.91 Å². The van der Waals surface area contributed by atoms with E-state index in [0.29, 0.717) is 6.61 Å². The fraction of sp³-hybridized carbons (Fsp3) is 0.579. The number of imide groups is 1. The minimum Gasteiger partial charge on any atom is -0.492 e. The van der Waals surface area contributed by atoms with Gasteiger partial charge >= 0.3 is 6.03 Å². The van der Waals surface area contributed by atoms with Crippen molar-refractivity contribution in [2.75, 3.05) is 26.2 Å². The number of hydrogen-bond acceptors (Lipinski definition) is 4. The van der Waals surface area contributed by atoms with Crippen molar-refractivity contribution in [3.8, 4) is 5.75 Å². The Morgan fingerprint density at radius 2 is 2.20 bits per heavy atom. The van der Waals surface area contributed by atoms with Crippen LogP contribution in [0.5, 0.6) is 5.75 Å². The zero-order valence-electron chi connectivity index (χ0n) is 15.0. The van der Waals surface area contributed by atoms with Gasteiger partial charge in [-0.25, -0.2) is 4.79 Å². The van der Waals surface area contributed by atoms with Crippen molar-refractivity contribution in [2.24, 2.45) is 5.92 Å². The topological polar surface area (TPSA) is 70.7 Å². The molecule has 136 valence electrons. The molecule has 0 bridgehead atoms. The molecule has 2 aliphatic rings. The van der Waals surface area contributed by atoms with E-state index in [9.17, 15) is 9.59 Å². The third-order valence-electron chi connectivity index (χ3n) is 5.38. The van der Waals surface area contributed by atoms with Gasteiger partial charge in [-0.05, 0) is 50.4 Å². The average molecular weight is 345 g/mol. The van der Waals surface area contributed by atoms with Gasteiger partial charge in [-0.2, -0.15) is 0 Å². The number of piperidine rings is 1. The number of carbonyl (C=O) groups excluding carboxylic acids is 2. The largest absolute Gasteiger partial charge is 0.492 e. The molecule has 2 aliphatic heterocycles. The lowest BCUT2D eigenvalue weighted by Gasteiger charge is -2.39. The maximum atomic E-state index is 12.1. The summed E-state index contributed by atoms with van der Waals surface area (Å²) < 4.78 is 5.88. The first kappa shape index (κ1) is 17.7. The average Bonchev–Trinajstić information content (AvgIpc) is 2.88. The highest BCUT2D eigenvalue weighted by Crippen LogP contribution is 2.29. The van der Waals surface area contributed by atoms with Gasteiger partial charge in [-0.15, -0.1) is 0 Å². The summed E-state index contributed by atoms with van der Waals surface area (Å²) in [5.74, 6) is 0.815. The number of ether oxygens (including phenoxy) is 1. The number of urea groups is 1. The number of hydrogen-bond donors (Lipinski definition) is 2. The van der Waals surface area contributed by atoms with Crippen molar-refractivity contribution in [3.05, 3.63) is 29.8 Å². The van der Waals surface area contributed by atoms with Crippen LogP contribution in [0.15, 0.2) is 24.3 Å². The summed E-state index contributed by atoms with van der Waals surface area (Å²) in [6.45, 7) is 7.19. The molecule has 25 heavy (non-hydrogen) atoms. The van der Waals surface area contributed by atoms with Crippen molar-refractivity contribution < 1.29 is 14.3 Å². The highest BCUT2D eigenvalue weighted by Gasteiger charge is 2.48. The van der Waals surface area contributed by atoms with Crippen LogP contribution in [0.3, 0.4) is 0 Å². The molecule has 1 aromatic carbocycles. The van der Waals surface area contributed by atoms with E-state index in [1.54, 1.807) is 0 Å². The van der Waals surface area contributed by atoms with Crippen LogP contribution in [0.1, 0.15) is 32.3 Å². The second-order valence-electron chi connectivity index (χ2n) is 7.10. The van der Waals surface area contributed by atoms with Crippen LogP contribution in [0.25, 0.3) is 0 Å². The predicted octanol–water partition coefficient (Wildman–Crippen LogP) is 1.94. The molecule has 0 aliphatic carbocycles. The van der Waals surface area contributed by atoms with Crippen molar-refractivity contribution in [3.63, 3.8) is 0 Å². The van der Waals surface area contributed by atoms with Crippen LogP contribution in [0, 0.1) is 5.92 Å². The Bertz CT molecular complexity index is 649. The van der Waals surface area contributed by atoms with Gasteiger partial charge in [0.15, 0.2) is 0 Å². The Labute approximate surface area is 148 Å². The standard InChI is InChI=1S/C19H27N3O3/c1-3-14-6-4-8-16(12-14)25-11-10-22-9-5-7-15(13-22)19(2)17(23)20-18(24)21-19/h4,6,8,12,15H,3,5,7,9-11,13H2,1-2H3,(H2,20,21,23,24)/t15-,19+/m0/s1. The van der Waals surface area contributed by atoms with Crippen molar-refractivity contribution >= 4 is 11.9 Å². The van der Waals surface area contributed by atoms with Gasteiger partial charge in [0.1, 0.15) is 17.9 Å². The molecule has 2 saturated heterocycles. The van der Waals surface area contributed by atoms with E-state index in [2.05, 4.69) is 34.6 Å². The van der Waals surface area contributed by atoms with E-state index in [1.165, 1.54) is 5.56 Å². The summed E-state index contributed by atoms with van der Waals surface area (Å²) in [4.78, 5) is 26.0. The molecule has 2 N–H and O–H groups in total. The Kier molecular flexibility index (Phi) is 5.27. The summed E-state index contributed by atoms with van der Waals surface area (Å²) in [6.07, 6.45) is 2.96. The Hall–Kier alpha value is -2.08. The van der Waals surface area contributed by atoms with Crippen LogP contribution >= 0.6 is 0 Å². The van der Waals surface area contributed by atoms with Gasteiger partial charge in [0.05, 0.1) is 0 Å². The number of likely N-dealkylation sites (tertiary alicyclic amines) is 1. The monoisotopic (exact) mass is 345 g/mol. The molecule has 6 heteroatoms. The van der Waals surface area contributed by atoms with Gasteiger partial charge in [-0.1, -0.05) is 19.1 Å². The summed E-state index contributed by atoms with van der Waals surface area (Å²) in [6, 6.07) is 7.80. The van der Waals surface area contributed by atoms with E-state index < -0.39 is 5.54 Å². The Morgan fingerprint density at radius 1 is 1.36 bits per heavy atom. The van der Waals surface area contributed by atoms with Crippen LogP contribution in [-0.2, 0) is 11.2 Å². The summed E-state index contributed by atoms with van der Waals surface area (Å²) in [5.41, 5.74) is 0.470. The first-order valence-corrected chi connectivity index (χ1v) is 9.09. The van der Waals surface area contributed by atoms with E-state index in [0.717, 1.165) is 44.6 Å². The van der Waals surface area contributed by atoms with E-state index in [-0.39, 0.29) is 17.9 Å². The lowest BCUT2D eigenvalue weighted by Crippen LogP contribution is -2.56. The van der Waals surface area contributed by atoms with Crippen LogP contribution in [0.4, 0.5) is 4.79 Å². The third-order valence-corrected chi connectivity index (χ3v) is 5.38. The predicted molar refractivity (Wildman–Crippen MR) is 95.6 cm³/mol. The number of carbonyl (C=O) groups is 2. The maximum absolute atomic E-state index is 12.1. The van der Waals surface area contributed by atoms with E-state index in [1.807, 2.05) is 19.1 Å². The first-order chi connectivity index (χ1) is 12.0. The lowest BCUT2D eigenvalue weighted by molar-refractivity contribution is -0.126. The molecule has 2 atom stereocenters. The van der Waals surface area contributed by atoms with Crippen molar-refractivity contribution in [2.45, 2.75) is 38.6 Å². The quantitative estimate of drug-likeness (QED) is 0.773. The molecule has 6 nitrogen and oxygen atoms in total. The van der Waals surface area contributed by atoms with Crippen LogP contribution in [0.2, 0.25) is 0 Å². The first-order valence-electron chi connectivity index (χ1n) is 9.09. The molecule has 2 heterocycles. The molecule has 0 radical (unpaired) electrons. The van der Waals surface area contributed by atoms with Crippen molar-refractivity contribution in [1.29, 1.82) is 0 Å². The number of benzene rings is 1. The number of nitrogens with zero attached hydrogens (tertiary/aromatic N) is 1. The fourth-order valence-electron chi connectivity index (χ4n) is 3.72. The second-order valence-corrected chi connectivity index (χ2v) is 7.10. The molecular weight excluding hydrogens is 318 g/mol. The smallest absolute Gasteiger partial charge is 0.322 e. The fourth-order valence-corrected chi connectivity index (χ4v) is 3.72. The number of aryl methyl sites for hydroxylation is 1. The second kappa shape index (κ2) is 7.44. The van der Waals surface area contributed by atoms with Crippen molar-refractivity contribution in [1.82, 2.24) is 15.5 Å². The van der Waals surface area contributed by atoms with E-state index >= 15 is 0 Å².